The van der Waals surface area contributed by atoms with E-state index in [0.29, 0.717) is 50.0 Å². The Morgan fingerprint density at radius 3 is 2.47 bits per heavy atom. The number of nitrogens with one attached hydrogen (secondary N) is 1. The molecule has 1 amide bonds. The first kappa shape index (κ1) is 25.6. The largest absolute Gasteiger partial charge is 0.493 e. The van der Waals surface area contributed by atoms with E-state index in [4.69, 9.17) is 14.2 Å². The van der Waals surface area contributed by atoms with Gasteiger partial charge in [-0.3, -0.25) is 9.69 Å². The second kappa shape index (κ2) is 11.9. The average molecular weight is 479 g/mol. The SMILES string of the molecule is CCOc1ccc(/C=C/C(=O)NCC(c2ccc(C(F)(F)F)cc2)N2CCOCC2)cc1OC. The zero-order valence-corrected chi connectivity index (χ0v) is 19.2. The number of carbonyl (C=O) groups excluding carboxylic acids is 1. The van der Waals surface area contributed by atoms with Gasteiger partial charge in [0.2, 0.25) is 5.91 Å². The number of morpholine rings is 1. The molecule has 0 radical (unpaired) electrons. The van der Waals surface area contributed by atoms with Gasteiger partial charge in [0.15, 0.2) is 11.5 Å². The minimum atomic E-state index is -4.39. The monoisotopic (exact) mass is 478 g/mol. The van der Waals surface area contributed by atoms with Crippen molar-refractivity contribution in [1.29, 1.82) is 0 Å². The zero-order chi connectivity index (χ0) is 24.6. The fourth-order valence-corrected chi connectivity index (χ4v) is 3.73. The molecular weight excluding hydrogens is 449 g/mol. The summed E-state index contributed by atoms with van der Waals surface area (Å²) in [6.45, 7) is 4.96. The predicted octanol–water partition coefficient (Wildman–Crippen LogP) is 4.32. The molecule has 3 rings (SSSR count). The molecule has 1 N–H and O–H groups in total. The molecule has 1 heterocycles. The van der Waals surface area contributed by atoms with E-state index in [-0.39, 0.29) is 18.5 Å². The second-order valence-electron chi connectivity index (χ2n) is 7.71. The number of hydrogen-bond acceptors (Lipinski definition) is 5. The summed E-state index contributed by atoms with van der Waals surface area (Å²) in [7, 11) is 1.55. The molecular formula is C25H29F3N2O4. The number of nitrogens with zero attached hydrogens (tertiary/aromatic N) is 1. The molecule has 0 spiro atoms. The van der Waals surface area contributed by atoms with Crippen LogP contribution in [-0.2, 0) is 15.7 Å². The Kier molecular flexibility index (Phi) is 8.95. The van der Waals surface area contributed by atoms with Crippen molar-refractivity contribution in [3.8, 4) is 11.5 Å². The van der Waals surface area contributed by atoms with E-state index in [9.17, 15) is 18.0 Å². The van der Waals surface area contributed by atoms with Gasteiger partial charge in [0, 0.05) is 25.7 Å². The maximum atomic E-state index is 13.0. The summed E-state index contributed by atoms with van der Waals surface area (Å²) in [6, 6.07) is 10.2. The smallest absolute Gasteiger partial charge is 0.416 e. The number of methoxy groups -OCH3 is 1. The van der Waals surface area contributed by atoms with Gasteiger partial charge in [-0.05, 0) is 48.4 Å². The number of carbonyl (C=O) groups is 1. The van der Waals surface area contributed by atoms with E-state index in [1.807, 2.05) is 13.0 Å². The summed E-state index contributed by atoms with van der Waals surface area (Å²) in [5.41, 5.74) is 0.771. The molecule has 6 nitrogen and oxygen atoms in total. The molecule has 1 fully saturated rings. The Labute approximate surface area is 197 Å². The van der Waals surface area contributed by atoms with E-state index in [2.05, 4.69) is 10.2 Å². The third kappa shape index (κ3) is 6.98. The minimum Gasteiger partial charge on any atom is -0.493 e. The lowest BCUT2D eigenvalue weighted by Crippen LogP contribution is -2.43. The number of alkyl halides is 3. The first-order chi connectivity index (χ1) is 16.3. The fraction of sp³-hybridized carbons (Fsp3) is 0.400. The molecule has 1 saturated heterocycles. The first-order valence-electron chi connectivity index (χ1n) is 11.1. The molecule has 184 valence electrons. The van der Waals surface area contributed by atoms with Gasteiger partial charge < -0.3 is 19.5 Å². The molecule has 0 aliphatic carbocycles. The number of amides is 1. The Balaban J connectivity index is 1.68. The quantitative estimate of drug-likeness (QED) is 0.544. The summed E-state index contributed by atoms with van der Waals surface area (Å²) in [5.74, 6) is 0.883. The van der Waals surface area contributed by atoms with Gasteiger partial charge in [-0.1, -0.05) is 18.2 Å². The van der Waals surface area contributed by atoms with Crippen LogP contribution in [0.4, 0.5) is 13.2 Å². The maximum Gasteiger partial charge on any atom is 0.416 e. The maximum absolute atomic E-state index is 13.0. The highest BCUT2D eigenvalue weighted by molar-refractivity contribution is 5.91. The van der Waals surface area contributed by atoms with E-state index in [1.165, 1.54) is 18.2 Å². The standard InChI is InChI=1S/C25H29F3N2O4/c1-3-34-22-10-4-18(16-23(22)32-2)5-11-24(31)29-17-21(30-12-14-33-15-13-30)19-6-8-20(9-7-19)25(26,27)28/h4-11,16,21H,3,12-15,17H2,1-2H3,(H,29,31)/b11-5+. The van der Waals surface area contributed by atoms with Crippen LogP contribution in [0.2, 0.25) is 0 Å². The summed E-state index contributed by atoms with van der Waals surface area (Å²) in [6.07, 6.45) is -1.32. The third-order valence-electron chi connectivity index (χ3n) is 5.49. The lowest BCUT2D eigenvalue weighted by Gasteiger charge is -2.35. The predicted molar refractivity (Wildman–Crippen MR) is 123 cm³/mol. The van der Waals surface area contributed by atoms with Crippen LogP contribution in [0.25, 0.3) is 6.08 Å². The molecule has 1 aliphatic rings. The second-order valence-corrected chi connectivity index (χ2v) is 7.71. The van der Waals surface area contributed by atoms with Crippen molar-refractivity contribution >= 4 is 12.0 Å². The highest BCUT2D eigenvalue weighted by Gasteiger charge is 2.31. The van der Waals surface area contributed by atoms with Crippen LogP contribution in [0.3, 0.4) is 0 Å². The lowest BCUT2D eigenvalue weighted by atomic mass is 10.0. The van der Waals surface area contributed by atoms with Gasteiger partial charge in [-0.15, -0.1) is 0 Å². The Morgan fingerprint density at radius 2 is 1.85 bits per heavy atom. The van der Waals surface area contributed by atoms with Crippen molar-refractivity contribution < 1.29 is 32.2 Å². The van der Waals surface area contributed by atoms with Crippen molar-refractivity contribution in [3.05, 3.63) is 65.2 Å². The lowest BCUT2D eigenvalue weighted by molar-refractivity contribution is -0.137. The van der Waals surface area contributed by atoms with Crippen LogP contribution in [-0.4, -0.2) is 57.4 Å². The van der Waals surface area contributed by atoms with Crippen molar-refractivity contribution in [2.75, 3.05) is 46.6 Å². The molecule has 9 heteroatoms. The highest BCUT2D eigenvalue weighted by Crippen LogP contribution is 2.31. The molecule has 2 aromatic rings. The van der Waals surface area contributed by atoms with Crippen LogP contribution < -0.4 is 14.8 Å². The van der Waals surface area contributed by atoms with E-state index in [1.54, 1.807) is 25.3 Å². The third-order valence-corrected chi connectivity index (χ3v) is 5.49. The molecule has 0 aromatic heterocycles. The Hall–Kier alpha value is -3.04. The van der Waals surface area contributed by atoms with E-state index in [0.717, 1.165) is 17.7 Å². The molecule has 2 aromatic carbocycles. The molecule has 34 heavy (non-hydrogen) atoms. The number of hydrogen-bond donors (Lipinski definition) is 1. The fourth-order valence-electron chi connectivity index (χ4n) is 3.73. The normalized spacial score (nSPS) is 15.8. The summed E-state index contributed by atoms with van der Waals surface area (Å²) < 4.78 is 55.1. The molecule has 1 aliphatic heterocycles. The minimum absolute atomic E-state index is 0.251. The van der Waals surface area contributed by atoms with Crippen molar-refractivity contribution in [1.82, 2.24) is 10.2 Å². The van der Waals surface area contributed by atoms with E-state index >= 15 is 0 Å². The van der Waals surface area contributed by atoms with Crippen molar-refractivity contribution in [3.63, 3.8) is 0 Å². The molecule has 1 unspecified atom stereocenters. The van der Waals surface area contributed by atoms with Gasteiger partial charge in [0.05, 0.1) is 38.5 Å². The summed E-state index contributed by atoms with van der Waals surface area (Å²) in [4.78, 5) is 14.6. The van der Waals surface area contributed by atoms with Crippen molar-refractivity contribution in [2.24, 2.45) is 0 Å². The van der Waals surface area contributed by atoms with Gasteiger partial charge in [0.25, 0.3) is 0 Å². The summed E-state index contributed by atoms with van der Waals surface area (Å²) in [5, 5.41) is 2.87. The Morgan fingerprint density at radius 1 is 1.15 bits per heavy atom. The topological polar surface area (TPSA) is 60.0 Å². The van der Waals surface area contributed by atoms with Crippen molar-refractivity contribution in [2.45, 2.75) is 19.1 Å². The number of ether oxygens (including phenoxy) is 3. The molecule has 1 atom stereocenters. The van der Waals surface area contributed by atoms with Crippen LogP contribution in [0.5, 0.6) is 11.5 Å². The zero-order valence-electron chi connectivity index (χ0n) is 19.2. The molecule has 0 bridgehead atoms. The number of benzene rings is 2. The number of rotatable bonds is 9. The van der Waals surface area contributed by atoms with Gasteiger partial charge >= 0.3 is 6.18 Å². The van der Waals surface area contributed by atoms with Crippen LogP contribution in [0, 0.1) is 0 Å². The van der Waals surface area contributed by atoms with Crippen LogP contribution >= 0.6 is 0 Å². The number of halogens is 3. The van der Waals surface area contributed by atoms with Crippen LogP contribution in [0.15, 0.2) is 48.5 Å². The average Bonchev–Trinajstić information content (AvgIpc) is 2.84. The highest BCUT2D eigenvalue weighted by atomic mass is 19.4. The first-order valence-corrected chi connectivity index (χ1v) is 11.1. The van der Waals surface area contributed by atoms with Crippen LogP contribution in [0.1, 0.15) is 29.7 Å². The van der Waals surface area contributed by atoms with Gasteiger partial charge in [-0.25, -0.2) is 0 Å². The Bertz CT molecular complexity index is 971. The molecule has 0 saturated carbocycles. The van der Waals surface area contributed by atoms with Gasteiger partial charge in [-0.2, -0.15) is 13.2 Å². The summed E-state index contributed by atoms with van der Waals surface area (Å²) >= 11 is 0. The van der Waals surface area contributed by atoms with E-state index < -0.39 is 11.7 Å². The van der Waals surface area contributed by atoms with Gasteiger partial charge in [0.1, 0.15) is 0 Å².